The second kappa shape index (κ2) is 5.50. The van der Waals surface area contributed by atoms with E-state index in [2.05, 4.69) is 12.2 Å². The third-order valence-corrected chi connectivity index (χ3v) is 3.08. The van der Waals surface area contributed by atoms with Crippen molar-refractivity contribution in [2.45, 2.75) is 51.8 Å². The maximum absolute atomic E-state index is 13.2. The first-order valence-electron chi connectivity index (χ1n) is 6.37. The molecule has 0 aliphatic heterocycles. The molecule has 17 heavy (non-hydrogen) atoms. The van der Waals surface area contributed by atoms with E-state index in [1.807, 2.05) is 6.92 Å². The average molecular weight is 237 g/mol. The smallest absolute Gasteiger partial charge is 0.124 e. The Morgan fingerprint density at radius 1 is 1.47 bits per heavy atom. The van der Waals surface area contributed by atoms with Crippen LogP contribution < -0.4 is 10.1 Å². The van der Waals surface area contributed by atoms with Gasteiger partial charge in [0.2, 0.25) is 0 Å². The highest BCUT2D eigenvalue weighted by Gasteiger charge is 2.21. The van der Waals surface area contributed by atoms with E-state index in [-0.39, 0.29) is 11.9 Å². The first-order valence-corrected chi connectivity index (χ1v) is 6.37. The zero-order valence-corrected chi connectivity index (χ0v) is 10.5. The molecule has 0 radical (unpaired) electrons. The number of rotatable bonds is 6. The van der Waals surface area contributed by atoms with Crippen LogP contribution in [0.5, 0.6) is 5.75 Å². The van der Waals surface area contributed by atoms with Crippen LogP contribution in [0.1, 0.15) is 38.7 Å². The van der Waals surface area contributed by atoms with Crippen molar-refractivity contribution in [2.24, 2.45) is 0 Å². The van der Waals surface area contributed by atoms with Crippen LogP contribution in [-0.2, 0) is 6.54 Å². The van der Waals surface area contributed by atoms with Crippen LogP contribution in [0, 0.1) is 5.82 Å². The summed E-state index contributed by atoms with van der Waals surface area (Å²) in [5.41, 5.74) is 0.914. The molecule has 0 spiro atoms. The van der Waals surface area contributed by atoms with Gasteiger partial charge >= 0.3 is 0 Å². The number of ether oxygens (including phenoxy) is 1. The monoisotopic (exact) mass is 237 g/mol. The van der Waals surface area contributed by atoms with Crippen LogP contribution >= 0.6 is 0 Å². The van der Waals surface area contributed by atoms with Gasteiger partial charge in [0, 0.05) is 18.2 Å². The molecule has 3 heteroatoms. The first-order chi connectivity index (χ1) is 8.19. The van der Waals surface area contributed by atoms with E-state index in [0.717, 1.165) is 17.7 Å². The van der Waals surface area contributed by atoms with Gasteiger partial charge in [-0.15, -0.1) is 0 Å². The molecule has 0 heterocycles. The summed E-state index contributed by atoms with van der Waals surface area (Å²) >= 11 is 0. The normalized spacial score (nSPS) is 16.9. The molecule has 0 amide bonds. The molecule has 0 saturated heterocycles. The first kappa shape index (κ1) is 12.4. The molecule has 0 aromatic heterocycles. The van der Waals surface area contributed by atoms with Crippen LogP contribution in [-0.4, -0.2) is 12.1 Å². The molecule has 1 atom stereocenters. The van der Waals surface area contributed by atoms with Crippen LogP contribution in [0.25, 0.3) is 0 Å². The summed E-state index contributed by atoms with van der Waals surface area (Å²) in [6, 6.07) is 5.37. The van der Waals surface area contributed by atoms with E-state index < -0.39 is 0 Å². The Morgan fingerprint density at radius 3 is 2.88 bits per heavy atom. The summed E-state index contributed by atoms with van der Waals surface area (Å²) in [5, 5.41) is 3.39. The molecule has 2 rings (SSSR count). The van der Waals surface area contributed by atoms with Crippen molar-refractivity contribution in [1.82, 2.24) is 5.32 Å². The molecule has 0 bridgehead atoms. The van der Waals surface area contributed by atoms with Gasteiger partial charge in [0.15, 0.2) is 0 Å². The summed E-state index contributed by atoms with van der Waals surface area (Å²) < 4.78 is 19.0. The molecular formula is C14H20FNO. The average Bonchev–Trinajstić information content (AvgIpc) is 3.13. The second-order valence-electron chi connectivity index (χ2n) is 4.74. The summed E-state index contributed by atoms with van der Waals surface area (Å²) in [6.45, 7) is 4.80. The molecule has 1 N–H and O–H groups in total. The van der Waals surface area contributed by atoms with E-state index in [1.54, 1.807) is 12.1 Å². The lowest BCUT2D eigenvalue weighted by Crippen LogP contribution is -2.18. The minimum atomic E-state index is -0.200. The van der Waals surface area contributed by atoms with Crippen molar-refractivity contribution in [3.05, 3.63) is 29.6 Å². The van der Waals surface area contributed by atoms with Crippen LogP contribution in [0.4, 0.5) is 4.39 Å². The molecule has 1 fully saturated rings. The Hall–Kier alpha value is -1.09. The van der Waals surface area contributed by atoms with Crippen LogP contribution in [0.2, 0.25) is 0 Å². The maximum Gasteiger partial charge on any atom is 0.124 e. The fourth-order valence-electron chi connectivity index (χ4n) is 1.64. The highest BCUT2D eigenvalue weighted by atomic mass is 19.1. The molecule has 2 nitrogen and oxygen atoms in total. The molecule has 1 aliphatic carbocycles. The Balaban J connectivity index is 2.05. The quantitative estimate of drug-likeness (QED) is 0.820. The van der Waals surface area contributed by atoms with Gasteiger partial charge in [0.05, 0.1) is 6.10 Å². The van der Waals surface area contributed by atoms with E-state index in [9.17, 15) is 4.39 Å². The minimum Gasteiger partial charge on any atom is -0.490 e. The molecule has 1 unspecified atom stereocenters. The third kappa shape index (κ3) is 3.70. The van der Waals surface area contributed by atoms with E-state index in [4.69, 9.17) is 4.74 Å². The van der Waals surface area contributed by atoms with Crippen molar-refractivity contribution in [2.75, 3.05) is 0 Å². The minimum absolute atomic E-state index is 0.167. The van der Waals surface area contributed by atoms with Crippen molar-refractivity contribution in [1.29, 1.82) is 0 Å². The van der Waals surface area contributed by atoms with E-state index >= 15 is 0 Å². The number of hydrogen-bond donors (Lipinski definition) is 1. The van der Waals surface area contributed by atoms with Gasteiger partial charge in [0.25, 0.3) is 0 Å². The van der Waals surface area contributed by atoms with Gasteiger partial charge in [-0.25, -0.2) is 4.39 Å². The lowest BCUT2D eigenvalue weighted by atomic mass is 10.2. The third-order valence-electron chi connectivity index (χ3n) is 3.08. The lowest BCUT2D eigenvalue weighted by molar-refractivity contribution is 0.214. The molecule has 1 aromatic rings. The Kier molecular flexibility index (Phi) is 4.00. The summed E-state index contributed by atoms with van der Waals surface area (Å²) in [6.07, 6.45) is 3.58. The van der Waals surface area contributed by atoms with Gasteiger partial charge in [-0.2, -0.15) is 0 Å². The van der Waals surface area contributed by atoms with E-state index in [1.165, 1.54) is 18.9 Å². The summed E-state index contributed by atoms with van der Waals surface area (Å²) in [7, 11) is 0. The number of benzene rings is 1. The number of nitrogens with one attached hydrogen (secondary N) is 1. The predicted molar refractivity (Wildman–Crippen MR) is 66.6 cm³/mol. The molecule has 94 valence electrons. The zero-order valence-electron chi connectivity index (χ0n) is 10.5. The maximum atomic E-state index is 13.2. The van der Waals surface area contributed by atoms with Gasteiger partial charge < -0.3 is 10.1 Å². The number of hydrogen-bond acceptors (Lipinski definition) is 2. The Labute approximate surface area is 102 Å². The highest BCUT2D eigenvalue weighted by Crippen LogP contribution is 2.24. The Morgan fingerprint density at radius 2 is 2.24 bits per heavy atom. The standard InChI is InChI=1S/C14H20FNO/c1-3-10(2)17-14-7-4-12(15)8-11(14)9-16-13-5-6-13/h4,7-8,10,13,16H,3,5-6,9H2,1-2H3. The van der Waals surface area contributed by atoms with Gasteiger partial charge in [-0.3, -0.25) is 0 Å². The predicted octanol–water partition coefficient (Wildman–Crippen LogP) is 3.26. The molecule has 1 saturated carbocycles. The van der Waals surface area contributed by atoms with Gasteiger partial charge in [-0.1, -0.05) is 6.92 Å². The zero-order chi connectivity index (χ0) is 12.3. The fourth-order valence-corrected chi connectivity index (χ4v) is 1.64. The van der Waals surface area contributed by atoms with Gasteiger partial charge in [0.1, 0.15) is 11.6 Å². The van der Waals surface area contributed by atoms with Crippen molar-refractivity contribution in [3.63, 3.8) is 0 Å². The summed E-state index contributed by atoms with van der Waals surface area (Å²) in [5.74, 6) is 0.600. The lowest BCUT2D eigenvalue weighted by Gasteiger charge is -2.16. The highest BCUT2D eigenvalue weighted by molar-refractivity contribution is 5.34. The van der Waals surface area contributed by atoms with Crippen molar-refractivity contribution < 1.29 is 9.13 Å². The SMILES string of the molecule is CCC(C)Oc1ccc(F)cc1CNC1CC1. The van der Waals surface area contributed by atoms with Crippen LogP contribution in [0.3, 0.4) is 0 Å². The molecular weight excluding hydrogens is 217 g/mol. The summed E-state index contributed by atoms with van der Waals surface area (Å²) in [4.78, 5) is 0. The fraction of sp³-hybridized carbons (Fsp3) is 0.571. The molecule has 1 aromatic carbocycles. The van der Waals surface area contributed by atoms with Crippen molar-refractivity contribution >= 4 is 0 Å². The van der Waals surface area contributed by atoms with Crippen molar-refractivity contribution in [3.8, 4) is 5.75 Å². The van der Waals surface area contributed by atoms with E-state index in [0.29, 0.717) is 12.6 Å². The largest absolute Gasteiger partial charge is 0.490 e. The van der Waals surface area contributed by atoms with Gasteiger partial charge in [-0.05, 0) is 44.4 Å². The molecule has 1 aliphatic rings. The number of halogens is 1. The topological polar surface area (TPSA) is 21.3 Å². The van der Waals surface area contributed by atoms with Crippen LogP contribution in [0.15, 0.2) is 18.2 Å². The Bertz CT molecular complexity index is 376. The second-order valence-corrected chi connectivity index (χ2v) is 4.74.